The van der Waals surface area contributed by atoms with Gasteiger partial charge in [-0.3, -0.25) is 4.79 Å². The van der Waals surface area contributed by atoms with Crippen molar-refractivity contribution in [3.8, 4) is 0 Å². The van der Waals surface area contributed by atoms with Gasteiger partial charge in [-0.25, -0.2) is 14.8 Å². The summed E-state index contributed by atoms with van der Waals surface area (Å²) in [5, 5.41) is 5.20. The summed E-state index contributed by atoms with van der Waals surface area (Å²) in [6.45, 7) is 9.68. The van der Waals surface area contributed by atoms with E-state index < -0.39 is 12.0 Å². The molecular formula is C19H30N6O4. The fraction of sp³-hybridized carbons (Fsp3) is 0.579. The predicted molar refractivity (Wildman–Crippen MR) is 109 cm³/mol. The standard InChI is InChI=1S/C19H30N6O4/c1-5-28-11-14-24-16-17(12(3)13(4)23-18(16)20)25(14)9-7-8-21-19(27)22-10-15(26)29-6-2/h5-11H2,1-4H3,(H2,20,23)(H2,21,22,27). The number of nitrogens with zero attached hydrogens (tertiary/aromatic N) is 3. The number of hydrogen-bond donors (Lipinski definition) is 3. The Bertz CT molecular complexity index is 864. The van der Waals surface area contributed by atoms with Crippen molar-refractivity contribution in [2.75, 3.05) is 32.0 Å². The quantitative estimate of drug-likeness (QED) is 0.401. The number of anilines is 1. The van der Waals surface area contributed by atoms with Crippen LogP contribution in [0.2, 0.25) is 0 Å². The molecule has 10 heteroatoms. The van der Waals surface area contributed by atoms with Gasteiger partial charge in [0, 0.05) is 25.4 Å². The van der Waals surface area contributed by atoms with Crippen LogP contribution < -0.4 is 16.4 Å². The van der Waals surface area contributed by atoms with Crippen LogP contribution in [0.3, 0.4) is 0 Å². The summed E-state index contributed by atoms with van der Waals surface area (Å²) in [6.07, 6.45) is 0.665. The van der Waals surface area contributed by atoms with E-state index in [0.717, 1.165) is 22.6 Å². The molecule has 0 fully saturated rings. The second-order valence-electron chi connectivity index (χ2n) is 6.49. The number of carbonyl (C=O) groups is 2. The normalized spacial score (nSPS) is 10.9. The van der Waals surface area contributed by atoms with E-state index >= 15 is 0 Å². The maximum absolute atomic E-state index is 11.8. The van der Waals surface area contributed by atoms with Gasteiger partial charge in [-0.15, -0.1) is 0 Å². The van der Waals surface area contributed by atoms with E-state index in [-0.39, 0.29) is 13.2 Å². The van der Waals surface area contributed by atoms with Crippen LogP contribution >= 0.6 is 0 Å². The van der Waals surface area contributed by atoms with Gasteiger partial charge >= 0.3 is 12.0 Å². The Kier molecular flexibility index (Phi) is 8.20. The molecule has 0 aliphatic heterocycles. The first-order valence-corrected chi connectivity index (χ1v) is 9.75. The first-order chi connectivity index (χ1) is 13.9. The summed E-state index contributed by atoms with van der Waals surface area (Å²) in [4.78, 5) is 32.0. The number of fused-ring (bicyclic) bond motifs is 1. The van der Waals surface area contributed by atoms with Gasteiger partial charge in [0.15, 0.2) is 5.82 Å². The van der Waals surface area contributed by atoms with Gasteiger partial charge in [-0.05, 0) is 39.7 Å². The Morgan fingerprint density at radius 3 is 2.59 bits per heavy atom. The third-order valence-corrected chi connectivity index (χ3v) is 4.45. The van der Waals surface area contributed by atoms with Crippen LogP contribution in [-0.2, 0) is 27.4 Å². The van der Waals surface area contributed by atoms with Crippen molar-refractivity contribution in [2.24, 2.45) is 0 Å². The highest BCUT2D eigenvalue weighted by Crippen LogP contribution is 2.26. The van der Waals surface area contributed by atoms with E-state index in [2.05, 4.69) is 25.2 Å². The summed E-state index contributed by atoms with van der Waals surface area (Å²) in [5.41, 5.74) is 9.57. The zero-order chi connectivity index (χ0) is 21.4. The van der Waals surface area contributed by atoms with Crippen molar-refractivity contribution >= 4 is 28.9 Å². The lowest BCUT2D eigenvalue weighted by Gasteiger charge is -2.12. The number of hydrogen-bond acceptors (Lipinski definition) is 7. The largest absolute Gasteiger partial charge is 0.465 e. The third-order valence-electron chi connectivity index (χ3n) is 4.45. The number of amides is 2. The minimum absolute atomic E-state index is 0.158. The molecule has 0 bridgehead atoms. The smallest absolute Gasteiger partial charge is 0.325 e. The van der Waals surface area contributed by atoms with Gasteiger partial charge in [0.2, 0.25) is 0 Å². The second kappa shape index (κ2) is 10.6. The lowest BCUT2D eigenvalue weighted by molar-refractivity contribution is -0.141. The fourth-order valence-corrected chi connectivity index (χ4v) is 2.96. The highest BCUT2D eigenvalue weighted by molar-refractivity contribution is 5.88. The highest BCUT2D eigenvalue weighted by atomic mass is 16.5. The monoisotopic (exact) mass is 406 g/mol. The Hall–Kier alpha value is -2.88. The van der Waals surface area contributed by atoms with Crippen LogP contribution in [-0.4, -0.2) is 52.8 Å². The van der Waals surface area contributed by atoms with Gasteiger partial charge in [-0.1, -0.05) is 0 Å². The molecule has 10 nitrogen and oxygen atoms in total. The Morgan fingerprint density at radius 1 is 1.14 bits per heavy atom. The molecule has 160 valence electrons. The number of aromatic nitrogens is 3. The van der Waals surface area contributed by atoms with E-state index in [1.165, 1.54) is 0 Å². The lowest BCUT2D eigenvalue weighted by Crippen LogP contribution is -2.39. The number of aryl methyl sites for hydroxylation is 3. The molecule has 0 saturated heterocycles. The average molecular weight is 406 g/mol. The molecule has 0 aliphatic carbocycles. The molecule has 2 heterocycles. The topological polar surface area (TPSA) is 133 Å². The minimum atomic E-state index is -0.467. The molecule has 0 radical (unpaired) electrons. The molecule has 2 aromatic heterocycles. The molecule has 0 saturated carbocycles. The van der Waals surface area contributed by atoms with Crippen molar-refractivity contribution in [2.45, 2.75) is 47.3 Å². The van der Waals surface area contributed by atoms with Crippen LogP contribution in [0.15, 0.2) is 0 Å². The summed E-state index contributed by atoms with van der Waals surface area (Å²) < 4.78 is 12.4. The lowest BCUT2D eigenvalue weighted by atomic mass is 10.2. The van der Waals surface area contributed by atoms with Gasteiger partial charge in [-0.2, -0.15) is 0 Å². The van der Waals surface area contributed by atoms with Crippen molar-refractivity contribution in [3.05, 3.63) is 17.1 Å². The number of pyridine rings is 1. The number of urea groups is 1. The number of rotatable bonds is 10. The SMILES string of the molecule is CCOCc1nc2c(N)nc(C)c(C)c2n1CCCNC(=O)NCC(=O)OCC. The first-order valence-electron chi connectivity index (χ1n) is 9.75. The van der Waals surface area contributed by atoms with E-state index in [9.17, 15) is 9.59 Å². The molecular weight excluding hydrogens is 376 g/mol. The van der Waals surface area contributed by atoms with Gasteiger partial charge < -0.3 is 30.4 Å². The zero-order valence-corrected chi connectivity index (χ0v) is 17.5. The Balaban J connectivity index is 2.03. The number of nitrogens with one attached hydrogen (secondary N) is 2. The van der Waals surface area contributed by atoms with Crippen molar-refractivity contribution in [3.63, 3.8) is 0 Å². The maximum atomic E-state index is 11.8. The average Bonchev–Trinajstić information content (AvgIpc) is 3.05. The number of carbonyl (C=O) groups excluding carboxylic acids is 2. The van der Waals surface area contributed by atoms with E-state index in [1.807, 2.05) is 20.8 Å². The molecule has 2 aromatic rings. The molecule has 4 N–H and O–H groups in total. The number of nitrogens with two attached hydrogens (primary N) is 1. The summed E-state index contributed by atoms with van der Waals surface area (Å²) >= 11 is 0. The number of nitrogen functional groups attached to an aromatic ring is 1. The van der Waals surface area contributed by atoms with E-state index in [1.54, 1.807) is 6.92 Å². The molecule has 2 amide bonds. The summed E-state index contributed by atoms with van der Waals surface area (Å²) in [5.74, 6) is 0.706. The molecule has 0 aliphatic rings. The molecule has 2 rings (SSSR count). The molecule has 0 aromatic carbocycles. The van der Waals surface area contributed by atoms with E-state index in [0.29, 0.717) is 44.1 Å². The summed E-state index contributed by atoms with van der Waals surface area (Å²) in [7, 11) is 0. The van der Waals surface area contributed by atoms with Crippen molar-refractivity contribution in [1.29, 1.82) is 0 Å². The third kappa shape index (κ3) is 5.80. The van der Waals surface area contributed by atoms with Crippen molar-refractivity contribution < 1.29 is 19.1 Å². The van der Waals surface area contributed by atoms with Crippen molar-refractivity contribution in [1.82, 2.24) is 25.2 Å². The van der Waals surface area contributed by atoms with Crippen LogP contribution in [0.1, 0.15) is 37.4 Å². The van der Waals surface area contributed by atoms with Gasteiger partial charge in [0.25, 0.3) is 0 Å². The van der Waals surface area contributed by atoms with Crippen LogP contribution in [0.5, 0.6) is 0 Å². The zero-order valence-electron chi connectivity index (χ0n) is 17.5. The highest BCUT2D eigenvalue weighted by Gasteiger charge is 2.17. The van der Waals surface area contributed by atoms with Gasteiger partial charge in [0.1, 0.15) is 24.5 Å². The van der Waals surface area contributed by atoms with Crippen LogP contribution in [0.25, 0.3) is 11.0 Å². The Labute approximate surface area is 170 Å². The number of ether oxygens (including phenoxy) is 2. The number of esters is 1. The number of imidazole rings is 1. The molecule has 0 unspecified atom stereocenters. The second-order valence-corrected chi connectivity index (χ2v) is 6.49. The first kappa shape index (κ1) is 22.4. The predicted octanol–water partition coefficient (Wildman–Crippen LogP) is 1.42. The van der Waals surface area contributed by atoms with E-state index in [4.69, 9.17) is 15.2 Å². The Morgan fingerprint density at radius 2 is 1.90 bits per heavy atom. The molecule has 0 spiro atoms. The van der Waals surface area contributed by atoms with Crippen LogP contribution in [0, 0.1) is 13.8 Å². The van der Waals surface area contributed by atoms with Crippen LogP contribution in [0.4, 0.5) is 10.6 Å². The minimum Gasteiger partial charge on any atom is -0.465 e. The molecule has 29 heavy (non-hydrogen) atoms. The summed E-state index contributed by atoms with van der Waals surface area (Å²) in [6, 6.07) is -0.413. The van der Waals surface area contributed by atoms with Gasteiger partial charge in [0.05, 0.1) is 12.1 Å². The molecule has 0 atom stereocenters. The fourth-order valence-electron chi connectivity index (χ4n) is 2.96. The maximum Gasteiger partial charge on any atom is 0.325 e.